The molecule has 0 unspecified atom stereocenters. The summed E-state index contributed by atoms with van der Waals surface area (Å²) in [5.74, 6) is -3.64. The number of rotatable bonds is 5. The molecule has 0 spiro atoms. The number of halogens is 2. The van der Waals surface area contributed by atoms with Gasteiger partial charge in [-0.1, -0.05) is 0 Å². The van der Waals surface area contributed by atoms with Gasteiger partial charge in [0, 0.05) is 0 Å². The van der Waals surface area contributed by atoms with Crippen molar-refractivity contribution in [2.24, 2.45) is 0 Å². The molecule has 0 N–H and O–H groups in total. The van der Waals surface area contributed by atoms with E-state index < -0.39 is 39.4 Å². The maximum absolute atomic E-state index is 13.5. The van der Waals surface area contributed by atoms with Crippen molar-refractivity contribution in [1.29, 1.82) is 0 Å². The van der Waals surface area contributed by atoms with Crippen LogP contribution >= 0.6 is 0 Å². The molecule has 6 nitrogen and oxygen atoms in total. The van der Waals surface area contributed by atoms with Crippen molar-refractivity contribution in [2.45, 2.75) is 26.4 Å². The summed E-state index contributed by atoms with van der Waals surface area (Å²) in [6.45, 7) is 5.36. The normalized spacial score (nSPS) is 11.3. The fourth-order valence-corrected chi connectivity index (χ4v) is 1.39. The Morgan fingerprint density at radius 1 is 1.24 bits per heavy atom. The van der Waals surface area contributed by atoms with Crippen LogP contribution in [0.25, 0.3) is 0 Å². The van der Waals surface area contributed by atoms with Crippen LogP contribution in [0.3, 0.4) is 0 Å². The lowest BCUT2D eigenvalue weighted by Crippen LogP contribution is -2.23. The van der Waals surface area contributed by atoms with Crippen molar-refractivity contribution in [3.8, 4) is 0 Å². The average molecular weight is 303 g/mol. The Morgan fingerprint density at radius 3 is 2.38 bits per heavy atom. The third-order valence-electron chi connectivity index (χ3n) is 2.30. The van der Waals surface area contributed by atoms with E-state index in [-0.39, 0.29) is 13.2 Å². The second-order valence-corrected chi connectivity index (χ2v) is 5.14. The molecule has 8 heteroatoms. The molecule has 0 aliphatic rings. The first-order valence-corrected chi connectivity index (χ1v) is 6.06. The number of nitro groups is 1. The second kappa shape index (κ2) is 6.57. The lowest BCUT2D eigenvalue weighted by Gasteiger charge is -2.19. The monoisotopic (exact) mass is 303 g/mol. The zero-order valence-electron chi connectivity index (χ0n) is 11.8. The maximum atomic E-state index is 13.5. The van der Waals surface area contributed by atoms with Crippen LogP contribution in [-0.4, -0.2) is 29.7 Å². The van der Waals surface area contributed by atoms with Gasteiger partial charge in [0.05, 0.1) is 28.8 Å². The van der Waals surface area contributed by atoms with Crippen LogP contribution in [0.5, 0.6) is 0 Å². The highest BCUT2D eigenvalue weighted by molar-refractivity contribution is 5.90. The predicted octanol–water partition coefficient (Wildman–Crippen LogP) is 2.84. The molecule has 0 aliphatic heterocycles. The molecule has 0 fully saturated rings. The van der Waals surface area contributed by atoms with Crippen LogP contribution < -0.4 is 0 Å². The van der Waals surface area contributed by atoms with Crippen molar-refractivity contribution in [3.63, 3.8) is 0 Å². The van der Waals surface area contributed by atoms with Crippen molar-refractivity contribution in [3.05, 3.63) is 39.4 Å². The third kappa shape index (κ3) is 5.07. The molecular formula is C13H15F2NO5. The number of hydrogen-bond donors (Lipinski definition) is 0. The molecule has 0 aliphatic carbocycles. The standard InChI is InChI=1S/C13H15F2NO5/c1-13(2,3)21-5-4-20-12(17)8-6-10(15)11(16(18)19)7-9(8)14/h6-7H,4-5H2,1-3H3. The fraction of sp³-hybridized carbons (Fsp3) is 0.462. The Morgan fingerprint density at radius 2 is 1.86 bits per heavy atom. The Bertz CT molecular complexity index is 554. The van der Waals surface area contributed by atoms with Crippen LogP contribution in [0, 0.1) is 21.7 Å². The maximum Gasteiger partial charge on any atom is 0.341 e. The Labute approximate surface area is 119 Å². The van der Waals surface area contributed by atoms with Gasteiger partial charge < -0.3 is 9.47 Å². The number of esters is 1. The molecule has 0 saturated heterocycles. The minimum Gasteiger partial charge on any atom is -0.460 e. The van der Waals surface area contributed by atoms with Gasteiger partial charge in [-0.05, 0) is 26.8 Å². The Balaban J connectivity index is 2.71. The SMILES string of the molecule is CC(C)(C)OCCOC(=O)c1cc(F)c([N+](=O)[O-])cc1F. The quantitative estimate of drug-likeness (QED) is 0.362. The topological polar surface area (TPSA) is 78.7 Å². The molecule has 0 heterocycles. The summed E-state index contributed by atoms with van der Waals surface area (Å²) in [4.78, 5) is 20.9. The molecule has 116 valence electrons. The zero-order chi connectivity index (χ0) is 16.2. The van der Waals surface area contributed by atoms with Crippen molar-refractivity contribution in [2.75, 3.05) is 13.2 Å². The highest BCUT2D eigenvalue weighted by Gasteiger charge is 2.23. The molecule has 21 heavy (non-hydrogen) atoms. The summed E-state index contributed by atoms with van der Waals surface area (Å²) in [7, 11) is 0. The number of nitrogens with zero attached hydrogens (tertiary/aromatic N) is 1. The minimum absolute atomic E-state index is 0.0896. The van der Waals surface area contributed by atoms with E-state index in [9.17, 15) is 23.7 Å². The molecule has 0 bridgehead atoms. The average Bonchev–Trinajstić information content (AvgIpc) is 2.35. The number of hydrogen-bond acceptors (Lipinski definition) is 5. The van der Waals surface area contributed by atoms with E-state index in [1.54, 1.807) is 20.8 Å². The van der Waals surface area contributed by atoms with Crippen LogP contribution in [0.4, 0.5) is 14.5 Å². The van der Waals surface area contributed by atoms with Gasteiger partial charge in [-0.3, -0.25) is 10.1 Å². The van der Waals surface area contributed by atoms with E-state index in [0.29, 0.717) is 12.1 Å². The van der Waals surface area contributed by atoms with E-state index in [4.69, 9.17) is 9.47 Å². The van der Waals surface area contributed by atoms with Gasteiger partial charge in [0.25, 0.3) is 0 Å². The summed E-state index contributed by atoms with van der Waals surface area (Å²) in [6.07, 6.45) is 0. The van der Waals surface area contributed by atoms with Crippen molar-refractivity contribution < 1.29 is 28.0 Å². The van der Waals surface area contributed by atoms with Crippen LogP contribution in [0.2, 0.25) is 0 Å². The first-order valence-electron chi connectivity index (χ1n) is 6.06. The summed E-state index contributed by atoms with van der Waals surface area (Å²) in [5.41, 5.74) is -2.16. The smallest absolute Gasteiger partial charge is 0.341 e. The predicted molar refractivity (Wildman–Crippen MR) is 69.0 cm³/mol. The lowest BCUT2D eigenvalue weighted by atomic mass is 10.2. The molecular weight excluding hydrogens is 288 g/mol. The number of carbonyl (C=O) groups excluding carboxylic acids is 1. The van der Waals surface area contributed by atoms with E-state index in [2.05, 4.69) is 0 Å². The van der Waals surface area contributed by atoms with Crippen molar-refractivity contribution >= 4 is 11.7 Å². The van der Waals surface area contributed by atoms with Gasteiger partial charge in [0.15, 0.2) is 0 Å². The van der Waals surface area contributed by atoms with Crippen LogP contribution in [-0.2, 0) is 9.47 Å². The van der Waals surface area contributed by atoms with E-state index in [1.165, 1.54) is 0 Å². The summed E-state index contributed by atoms with van der Waals surface area (Å²) < 4.78 is 36.9. The number of ether oxygens (including phenoxy) is 2. The first-order chi connectivity index (χ1) is 9.61. The largest absolute Gasteiger partial charge is 0.460 e. The van der Waals surface area contributed by atoms with Gasteiger partial charge >= 0.3 is 11.7 Å². The summed E-state index contributed by atoms with van der Waals surface area (Å²) >= 11 is 0. The van der Waals surface area contributed by atoms with Gasteiger partial charge in [0.1, 0.15) is 12.4 Å². The molecule has 0 aromatic heterocycles. The number of benzene rings is 1. The number of nitro benzene ring substituents is 1. The molecule has 0 saturated carbocycles. The molecule has 0 radical (unpaired) electrons. The van der Waals surface area contributed by atoms with E-state index in [0.717, 1.165) is 0 Å². The first kappa shape index (κ1) is 17.0. The zero-order valence-corrected chi connectivity index (χ0v) is 11.8. The third-order valence-corrected chi connectivity index (χ3v) is 2.30. The molecule has 1 aromatic carbocycles. The molecule has 0 atom stereocenters. The van der Waals surface area contributed by atoms with Gasteiger partial charge in [0.2, 0.25) is 5.82 Å². The highest BCUT2D eigenvalue weighted by atomic mass is 19.1. The fourth-order valence-electron chi connectivity index (χ4n) is 1.39. The van der Waals surface area contributed by atoms with Crippen LogP contribution in [0.1, 0.15) is 31.1 Å². The second-order valence-electron chi connectivity index (χ2n) is 5.14. The van der Waals surface area contributed by atoms with Crippen LogP contribution in [0.15, 0.2) is 12.1 Å². The molecule has 1 rings (SSSR count). The van der Waals surface area contributed by atoms with Gasteiger partial charge in [-0.25, -0.2) is 9.18 Å². The van der Waals surface area contributed by atoms with E-state index >= 15 is 0 Å². The molecule has 1 aromatic rings. The molecule has 0 amide bonds. The minimum atomic E-state index is -1.31. The Kier molecular flexibility index (Phi) is 5.31. The van der Waals surface area contributed by atoms with Gasteiger partial charge in [-0.2, -0.15) is 4.39 Å². The lowest BCUT2D eigenvalue weighted by molar-refractivity contribution is -0.387. The number of carbonyl (C=O) groups is 1. The summed E-state index contributed by atoms with van der Waals surface area (Å²) in [6, 6.07) is 0.790. The summed E-state index contributed by atoms with van der Waals surface area (Å²) in [5, 5.41) is 10.4. The Hall–Kier alpha value is -2.09. The highest BCUT2D eigenvalue weighted by Crippen LogP contribution is 2.22. The van der Waals surface area contributed by atoms with Crippen molar-refractivity contribution in [1.82, 2.24) is 0 Å². The van der Waals surface area contributed by atoms with Gasteiger partial charge in [-0.15, -0.1) is 0 Å². The van der Waals surface area contributed by atoms with E-state index in [1.807, 2.05) is 0 Å².